The lowest BCUT2D eigenvalue weighted by Crippen LogP contribution is -2.35. The fourth-order valence-corrected chi connectivity index (χ4v) is 2.51. The third-order valence-corrected chi connectivity index (χ3v) is 4.02. The average molecular weight is 317 g/mol. The van der Waals surface area contributed by atoms with Gasteiger partial charge in [0.1, 0.15) is 10.6 Å². The van der Waals surface area contributed by atoms with Crippen molar-refractivity contribution in [2.24, 2.45) is 5.14 Å². The van der Waals surface area contributed by atoms with Gasteiger partial charge in [0, 0.05) is 32.4 Å². The van der Waals surface area contributed by atoms with Crippen molar-refractivity contribution in [2.75, 3.05) is 26.3 Å². The number of ether oxygens (including phenoxy) is 1. The molecule has 0 aliphatic carbocycles. The highest BCUT2D eigenvalue weighted by Crippen LogP contribution is 2.15. The predicted octanol–water partition coefficient (Wildman–Crippen LogP) is 0.654. The Balaban J connectivity index is 3.01. The molecular formula is C13H23N3O4S. The van der Waals surface area contributed by atoms with Gasteiger partial charge in [0.2, 0.25) is 10.0 Å². The fraction of sp³-hybridized carbons (Fsp3) is 0.615. The summed E-state index contributed by atoms with van der Waals surface area (Å²) in [4.78, 5) is 14.1. The normalized spacial score (nSPS) is 11.6. The maximum absolute atomic E-state index is 12.5. The number of aryl methyl sites for hydroxylation is 1. The molecule has 0 unspecified atom stereocenters. The number of hydrogen-bond donors (Lipinski definition) is 1. The monoisotopic (exact) mass is 317 g/mol. The molecule has 120 valence electrons. The molecule has 0 bridgehead atoms. The topological polar surface area (TPSA) is 94.6 Å². The summed E-state index contributed by atoms with van der Waals surface area (Å²) >= 11 is 0. The molecule has 0 fully saturated rings. The van der Waals surface area contributed by atoms with Crippen molar-refractivity contribution < 1.29 is 17.9 Å². The number of rotatable bonds is 8. The number of carbonyl (C=O) groups is 1. The van der Waals surface area contributed by atoms with Crippen LogP contribution < -0.4 is 5.14 Å². The van der Waals surface area contributed by atoms with Crippen LogP contribution >= 0.6 is 0 Å². The highest BCUT2D eigenvalue weighted by atomic mass is 32.2. The van der Waals surface area contributed by atoms with Gasteiger partial charge in [0.25, 0.3) is 5.91 Å². The molecule has 1 amide bonds. The summed E-state index contributed by atoms with van der Waals surface area (Å²) in [6.45, 7) is 8.09. The van der Waals surface area contributed by atoms with E-state index in [9.17, 15) is 13.2 Å². The minimum Gasteiger partial charge on any atom is -0.380 e. The van der Waals surface area contributed by atoms with Gasteiger partial charge in [-0.3, -0.25) is 4.79 Å². The molecule has 0 saturated carbocycles. The van der Waals surface area contributed by atoms with Gasteiger partial charge >= 0.3 is 0 Å². The summed E-state index contributed by atoms with van der Waals surface area (Å²) < 4.78 is 29.7. The minimum absolute atomic E-state index is 0.0476. The smallest absolute Gasteiger partial charge is 0.270 e. The van der Waals surface area contributed by atoms with E-state index >= 15 is 0 Å². The molecule has 0 radical (unpaired) electrons. The summed E-state index contributed by atoms with van der Waals surface area (Å²) in [7, 11) is -3.82. The lowest BCUT2D eigenvalue weighted by molar-refractivity contribution is 0.0659. The largest absolute Gasteiger partial charge is 0.380 e. The second-order valence-corrected chi connectivity index (χ2v) is 6.04. The van der Waals surface area contributed by atoms with E-state index in [1.165, 1.54) is 12.3 Å². The van der Waals surface area contributed by atoms with Gasteiger partial charge < -0.3 is 14.2 Å². The number of primary sulfonamides is 1. The summed E-state index contributed by atoms with van der Waals surface area (Å²) in [5.41, 5.74) is 0.319. The number of nitrogens with two attached hydrogens (primary N) is 1. The van der Waals surface area contributed by atoms with E-state index in [0.29, 0.717) is 38.5 Å². The SMILES string of the molecule is CCOCCN(CC)C(=O)c1cc(S(N)(=O)=O)cn1CC. The van der Waals surface area contributed by atoms with E-state index in [2.05, 4.69) is 0 Å². The quantitative estimate of drug-likeness (QED) is 0.712. The van der Waals surface area contributed by atoms with Gasteiger partial charge in [0.15, 0.2) is 0 Å². The van der Waals surface area contributed by atoms with Crippen molar-refractivity contribution in [1.29, 1.82) is 0 Å². The van der Waals surface area contributed by atoms with Crippen LogP contribution in [0.3, 0.4) is 0 Å². The summed E-state index contributed by atoms with van der Waals surface area (Å²) in [5.74, 6) is -0.228. The van der Waals surface area contributed by atoms with Crippen molar-refractivity contribution in [3.63, 3.8) is 0 Å². The standard InChI is InChI=1S/C13H23N3O4S/c1-4-15(7-8-20-6-3)13(17)12-9-11(21(14,18)19)10-16(12)5-2/h9-10H,4-8H2,1-3H3,(H2,14,18,19). The number of hydrogen-bond acceptors (Lipinski definition) is 4. The fourth-order valence-electron chi connectivity index (χ4n) is 1.96. The van der Waals surface area contributed by atoms with Crippen LogP contribution in [-0.2, 0) is 21.3 Å². The number of nitrogens with zero attached hydrogens (tertiary/aromatic N) is 2. The van der Waals surface area contributed by atoms with Gasteiger partial charge in [-0.2, -0.15) is 0 Å². The van der Waals surface area contributed by atoms with Gasteiger partial charge in [-0.15, -0.1) is 0 Å². The lowest BCUT2D eigenvalue weighted by Gasteiger charge is -2.21. The van der Waals surface area contributed by atoms with Crippen LogP contribution in [0, 0.1) is 0 Å². The Kier molecular flexibility index (Phi) is 6.38. The molecule has 1 heterocycles. The molecule has 0 aromatic carbocycles. The molecule has 7 nitrogen and oxygen atoms in total. The molecule has 8 heteroatoms. The van der Waals surface area contributed by atoms with Gasteiger partial charge in [-0.05, 0) is 26.8 Å². The third-order valence-electron chi connectivity index (χ3n) is 3.14. The molecule has 21 heavy (non-hydrogen) atoms. The average Bonchev–Trinajstić information content (AvgIpc) is 2.87. The maximum atomic E-state index is 12.5. The van der Waals surface area contributed by atoms with Gasteiger partial charge in [0.05, 0.1) is 6.61 Å². The van der Waals surface area contributed by atoms with Crippen LogP contribution in [0.15, 0.2) is 17.2 Å². The Hall–Kier alpha value is -1.38. The summed E-state index contributed by atoms with van der Waals surface area (Å²) in [6.07, 6.45) is 1.39. The zero-order valence-corrected chi connectivity index (χ0v) is 13.5. The van der Waals surface area contributed by atoms with Crippen LogP contribution in [0.4, 0.5) is 0 Å². The van der Waals surface area contributed by atoms with Crippen LogP contribution in [0.1, 0.15) is 31.3 Å². The van der Waals surface area contributed by atoms with Crippen molar-refractivity contribution in [2.45, 2.75) is 32.2 Å². The van der Waals surface area contributed by atoms with E-state index in [0.717, 1.165) is 0 Å². The molecular weight excluding hydrogens is 294 g/mol. The summed E-state index contributed by atoms with van der Waals surface area (Å²) in [6, 6.07) is 1.32. The van der Waals surface area contributed by atoms with Crippen molar-refractivity contribution in [3.8, 4) is 0 Å². The zero-order chi connectivity index (χ0) is 16.0. The molecule has 1 aromatic heterocycles. The molecule has 2 N–H and O–H groups in total. The Labute approximate surface area is 125 Å². The van der Waals surface area contributed by atoms with E-state index in [-0.39, 0.29) is 10.8 Å². The second-order valence-electron chi connectivity index (χ2n) is 4.47. The Morgan fingerprint density at radius 2 is 2.05 bits per heavy atom. The predicted molar refractivity (Wildman–Crippen MR) is 79.5 cm³/mol. The highest BCUT2D eigenvalue weighted by Gasteiger charge is 2.21. The molecule has 1 rings (SSSR count). The van der Waals surface area contributed by atoms with E-state index in [1.807, 2.05) is 20.8 Å². The zero-order valence-electron chi connectivity index (χ0n) is 12.7. The molecule has 1 aromatic rings. The van der Waals surface area contributed by atoms with Crippen molar-refractivity contribution in [3.05, 3.63) is 18.0 Å². The first-order valence-corrected chi connectivity index (χ1v) is 8.49. The Morgan fingerprint density at radius 3 is 2.52 bits per heavy atom. The van der Waals surface area contributed by atoms with Crippen LogP contribution in [0.2, 0.25) is 0 Å². The lowest BCUT2D eigenvalue weighted by atomic mass is 10.3. The second kappa shape index (κ2) is 7.58. The molecule has 0 saturated heterocycles. The van der Waals surface area contributed by atoms with Gasteiger partial charge in [-0.25, -0.2) is 13.6 Å². The van der Waals surface area contributed by atoms with E-state index in [4.69, 9.17) is 9.88 Å². The van der Waals surface area contributed by atoms with E-state index < -0.39 is 10.0 Å². The van der Waals surface area contributed by atoms with Crippen LogP contribution in [0.5, 0.6) is 0 Å². The molecule has 0 atom stereocenters. The third kappa shape index (κ3) is 4.55. The molecule has 0 aliphatic heterocycles. The first-order valence-electron chi connectivity index (χ1n) is 6.95. The van der Waals surface area contributed by atoms with Crippen molar-refractivity contribution in [1.82, 2.24) is 9.47 Å². The number of sulfonamides is 1. The minimum atomic E-state index is -3.82. The molecule has 0 spiro atoms. The number of carbonyl (C=O) groups excluding carboxylic acids is 1. The van der Waals surface area contributed by atoms with Crippen molar-refractivity contribution >= 4 is 15.9 Å². The number of amides is 1. The van der Waals surface area contributed by atoms with Gasteiger partial charge in [-0.1, -0.05) is 0 Å². The summed E-state index contributed by atoms with van der Waals surface area (Å²) in [5, 5.41) is 5.11. The number of likely N-dealkylation sites (N-methyl/N-ethyl adjacent to an activating group) is 1. The van der Waals surface area contributed by atoms with E-state index in [1.54, 1.807) is 9.47 Å². The Bertz CT molecular complexity index is 580. The first kappa shape index (κ1) is 17.7. The maximum Gasteiger partial charge on any atom is 0.270 e. The highest BCUT2D eigenvalue weighted by molar-refractivity contribution is 7.89. The number of aromatic nitrogens is 1. The first-order chi connectivity index (χ1) is 9.85. The van der Waals surface area contributed by atoms with Crippen LogP contribution in [0.25, 0.3) is 0 Å². The Morgan fingerprint density at radius 1 is 1.38 bits per heavy atom. The van der Waals surface area contributed by atoms with Crippen LogP contribution in [-0.4, -0.2) is 50.1 Å². The molecule has 0 aliphatic rings.